The van der Waals surface area contributed by atoms with Gasteiger partial charge in [-0.3, -0.25) is 14.5 Å². The van der Waals surface area contributed by atoms with E-state index in [4.69, 9.17) is 27.9 Å². The first-order valence-corrected chi connectivity index (χ1v) is 15.8. The number of sulfone groups is 1. The Balaban J connectivity index is 1.74. The fourth-order valence-electron chi connectivity index (χ4n) is 5.16. The highest BCUT2D eigenvalue weighted by atomic mass is 35.5. The lowest BCUT2D eigenvalue weighted by molar-refractivity contribution is -0.136. The highest BCUT2D eigenvalue weighted by Crippen LogP contribution is 2.49. The molecular formula is C30H29Cl2FN2O6S. The van der Waals surface area contributed by atoms with E-state index in [0.29, 0.717) is 10.6 Å². The summed E-state index contributed by atoms with van der Waals surface area (Å²) >= 11 is 12.3. The number of aliphatic hydroxyl groups is 1. The SMILES string of the molecule is CC(C)(O)c1cc(F)c2c(c1)C(=O)N(Cc1ccc(Cl)cc1S(C)(=O)=O)[C@@]2(OCNC(=O)C1CC1)c1ccc(Cl)cc1. The van der Waals surface area contributed by atoms with Crippen LogP contribution in [0.5, 0.6) is 0 Å². The van der Waals surface area contributed by atoms with E-state index >= 15 is 4.39 Å². The zero-order valence-electron chi connectivity index (χ0n) is 23.1. The van der Waals surface area contributed by atoms with Crippen LogP contribution in [0.3, 0.4) is 0 Å². The van der Waals surface area contributed by atoms with Crippen molar-refractivity contribution in [2.45, 2.75) is 49.5 Å². The van der Waals surface area contributed by atoms with Crippen LogP contribution in [0.25, 0.3) is 0 Å². The molecule has 1 fully saturated rings. The number of nitrogens with zero attached hydrogens (tertiary/aromatic N) is 1. The van der Waals surface area contributed by atoms with Gasteiger partial charge in [0.2, 0.25) is 11.6 Å². The number of hydrogen-bond acceptors (Lipinski definition) is 6. The summed E-state index contributed by atoms with van der Waals surface area (Å²) in [6, 6.07) is 13.0. The smallest absolute Gasteiger partial charge is 0.257 e. The van der Waals surface area contributed by atoms with Crippen LogP contribution in [0.2, 0.25) is 10.0 Å². The van der Waals surface area contributed by atoms with Crippen LogP contribution in [0.4, 0.5) is 4.39 Å². The van der Waals surface area contributed by atoms with Crippen LogP contribution in [0.1, 0.15) is 59.3 Å². The third-order valence-electron chi connectivity index (χ3n) is 7.46. The molecule has 2 aliphatic rings. The number of carbonyl (C=O) groups is 2. The number of ether oxygens (including phenoxy) is 1. The molecule has 3 aromatic carbocycles. The molecule has 0 saturated heterocycles. The van der Waals surface area contributed by atoms with Gasteiger partial charge in [-0.2, -0.15) is 0 Å². The Labute approximate surface area is 253 Å². The Hall–Kier alpha value is -3.02. The van der Waals surface area contributed by atoms with Crippen LogP contribution in [-0.2, 0) is 37.2 Å². The molecule has 42 heavy (non-hydrogen) atoms. The lowest BCUT2D eigenvalue weighted by Gasteiger charge is -2.40. The van der Waals surface area contributed by atoms with Gasteiger partial charge in [0, 0.05) is 27.8 Å². The van der Waals surface area contributed by atoms with Crippen molar-refractivity contribution < 1.29 is 32.2 Å². The van der Waals surface area contributed by atoms with Gasteiger partial charge in [-0.05, 0) is 74.2 Å². The molecule has 2 N–H and O–H groups in total. The minimum atomic E-state index is -3.80. The van der Waals surface area contributed by atoms with E-state index in [0.717, 1.165) is 25.2 Å². The summed E-state index contributed by atoms with van der Waals surface area (Å²) in [4.78, 5) is 27.8. The Morgan fingerprint density at radius 2 is 1.76 bits per heavy atom. The fourth-order valence-corrected chi connectivity index (χ4v) is 6.48. The van der Waals surface area contributed by atoms with Crippen LogP contribution in [0, 0.1) is 11.7 Å². The summed E-state index contributed by atoms with van der Waals surface area (Å²) in [6.07, 6.45) is 2.52. The van der Waals surface area contributed by atoms with Gasteiger partial charge in [0.15, 0.2) is 9.84 Å². The number of nitrogens with one attached hydrogen (secondary N) is 1. The number of halogens is 3. The number of benzene rings is 3. The third-order valence-corrected chi connectivity index (χ3v) is 9.13. The second-order valence-corrected chi connectivity index (χ2v) is 14.0. The maximum atomic E-state index is 16.3. The number of hydrogen-bond donors (Lipinski definition) is 2. The molecule has 1 atom stereocenters. The Kier molecular flexibility index (Phi) is 7.91. The van der Waals surface area contributed by atoms with Crippen LogP contribution in [-0.4, -0.2) is 43.2 Å². The molecule has 0 spiro atoms. The minimum absolute atomic E-state index is 0.0783. The van der Waals surface area contributed by atoms with Gasteiger partial charge in [-0.25, -0.2) is 12.8 Å². The lowest BCUT2D eigenvalue weighted by Crippen LogP contribution is -2.49. The summed E-state index contributed by atoms with van der Waals surface area (Å²) < 4.78 is 48.1. The van der Waals surface area contributed by atoms with Crippen molar-refractivity contribution in [2.75, 3.05) is 13.0 Å². The quantitative estimate of drug-likeness (QED) is 0.316. The Morgan fingerprint density at radius 3 is 2.36 bits per heavy atom. The topological polar surface area (TPSA) is 113 Å². The van der Waals surface area contributed by atoms with Gasteiger partial charge in [0.25, 0.3) is 5.91 Å². The first-order valence-electron chi connectivity index (χ1n) is 13.2. The van der Waals surface area contributed by atoms with Gasteiger partial charge in [0.05, 0.1) is 28.2 Å². The van der Waals surface area contributed by atoms with Crippen molar-refractivity contribution >= 4 is 44.9 Å². The van der Waals surface area contributed by atoms with Crippen LogP contribution < -0.4 is 5.32 Å². The number of carbonyl (C=O) groups excluding carboxylic acids is 2. The molecule has 0 unspecified atom stereocenters. The molecule has 3 aromatic rings. The minimum Gasteiger partial charge on any atom is -0.386 e. The van der Waals surface area contributed by atoms with Crippen molar-refractivity contribution in [3.8, 4) is 0 Å². The standard InChI is InChI=1S/C30H29Cl2FN2O6S/c1-29(2,38)20-12-23-26(24(33)13-20)30(19-7-10-21(31)11-8-19,41-16-34-27(36)17-4-5-17)35(28(23)37)15-18-6-9-22(32)14-25(18)42(3,39)40/h6-14,17,38H,4-5,15-16H2,1-3H3,(H,34,36)/t30-/m1/s1. The largest absolute Gasteiger partial charge is 0.386 e. The second kappa shape index (κ2) is 10.9. The predicted octanol–water partition coefficient (Wildman–Crippen LogP) is 5.12. The van der Waals surface area contributed by atoms with E-state index in [-0.39, 0.29) is 57.3 Å². The zero-order valence-corrected chi connectivity index (χ0v) is 25.4. The first kappa shape index (κ1) is 30.4. The maximum Gasteiger partial charge on any atom is 0.257 e. The predicted molar refractivity (Wildman–Crippen MR) is 155 cm³/mol. The molecule has 1 aliphatic carbocycles. The van der Waals surface area contributed by atoms with Gasteiger partial charge in [0.1, 0.15) is 12.5 Å². The first-order chi connectivity index (χ1) is 19.6. The average Bonchev–Trinajstić information content (AvgIpc) is 3.72. The fraction of sp³-hybridized carbons (Fsp3) is 0.333. The van der Waals surface area contributed by atoms with E-state index in [1.165, 1.54) is 43.0 Å². The van der Waals surface area contributed by atoms with Gasteiger partial charge in [-0.15, -0.1) is 0 Å². The summed E-state index contributed by atoms with van der Waals surface area (Å²) in [5, 5.41) is 13.9. The normalized spacial score (nSPS) is 18.7. The maximum absolute atomic E-state index is 16.3. The molecule has 8 nitrogen and oxygen atoms in total. The number of rotatable bonds is 9. The molecule has 2 amide bonds. The molecule has 0 aromatic heterocycles. The molecular weight excluding hydrogens is 606 g/mol. The van der Waals surface area contributed by atoms with E-state index in [9.17, 15) is 23.1 Å². The third kappa shape index (κ3) is 5.66. The molecule has 5 rings (SSSR count). The van der Waals surface area contributed by atoms with E-state index in [1.807, 2.05) is 0 Å². The van der Waals surface area contributed by atoms with Crippen LogP contribution >= 0.6 is 23.2 Å². The molecule has 1 aliphatic heterocycles. The number of amides is 2. The molecule has 0 radical (unpaired) electrons. The second-order valence-electron chi connectivity index (χ2n) is 11.1. The molecule has 0 bridgehead atoms. The Bertz CT molecular complexity index is 1690. The summed E-state index contributed by atoms with van der Waals surface area (Å²) in [6.45, 7) is 2.22. The summed E-state index contributed by atoms with van der Waals surface area (Å²) in [7, 11) is -3.80. The summed E-state index contributed by atoms with van der Waals surface area (Å²) in [5.41, 5.74) is -2.97. The van der Waals surface area contributed by atoms with Crippen molar-refractivity contribution in [3.63, 3.8) is 0 Å². The van der Waals surface area contributed by atoms with Crippen LogP contribution in [0.15, 0.2) is 59.5 Å². The van der Waals surface area contributed by atoms with Crippen molar-refractivity contribution in [1.29, 1.82) is 0 Å². The van der Waals surface area contributed by atoms with Crippen molar-refractivity contribution in [1.82, 2.24) is 10.2 Å². The number of fused-ring (bicyclic) bond motifs is 1. The van der Waals surface area contributed by atoms with E-state index < -0.39 is 32.9 Å². The van der Waals surface area contributed by atoms with Gasteiger partial charge >= 0.3 is 0 Å². The highest BCUT2D eigenvalue weighted by Gasteiger charge is 2.55. The summed E-state index contributed by atoms with van der Waals surface area (Å²) in [5.74, 6) is -1.87. The molecule has 1 saturated carbocycles. The zero-order chi connectivity index (χ0) is 30.6. The average molecular weight is 636 g/mol. The molecule has 1 heterocycles. The Morgan fingerprint density at radius 1 is 1.12 bits per heavy atom. The van der Waals surface area contributed by atoms with E-state index in [2.05, 4.69) is 5.32 Å². The van der Waals surface area contributed by atoms with Crippen molar-refractivity contribution in [2.24, 2.45) is 5.92 Å². The van der Waals surface area contributed by atoms with Crippen molar-refractivity contribution in [3.05, 3.63) is 98.3 Å². The lowest BCUT2D eigenvalue weighted by atomic mass is 9.88. The van der Waals surface area contributed by atoms with Gasteiger partial charge in [-0.1, -0.05) is 41.4 Å². The van der Waals surface area contributed by atoms with Gasteiger partial charge < -0.3 is 15.2 Å². The molecule has 222 valence electrons. The monoisotopic (exact) mass is 634 g/mol. The highest BCUT2D eigenvalue weighted by molar-refractivity contribution is 7.90. The molecule has 12 heteroatoms. The van der Waals surface area contributed by atoms with E-state index in [1.54, 1.807) is 24.3 Å².